The third-order valence-corrected chi connectivity index (χ3v) is 6.13. The van der Waals surface area contributed by atoms with Gasteiger partial charge in [-0.1, -0.05) is 76.8 Å². The summed E-state index contributed by atoms with van der Waals surface area (Å²) in [6, 6.07) is 6.09. The summed E-state index contributed by atoms with van der Waals surface area (Å²) >= 11 is 0. The Labute approximate surface area is 204 Å². The van der Waals surface area contributed by atoms with Crippen LogP contribution < -0.4 is 10.1 Å². The Kier molecular flexibility index (Phi) is 13.1. The molecular weight excluding hydrogens is 432 g/mol. The number of nitrogens with zero attached hydrogens (tertiary/aromatic N) is 1. The van der Waals surface area contributed by atoms with E-state index in [1.165, 1.54) is 49.8 Å². The van der Waals surface area contributed by atoms with Crippen molar-refractivity contribution in [1.82, 2.24) is 10.2 Å². The van der Waals surface area contributed by atoms with Crippen LogP contribution in [0.2, 0.25) is 0 Å². The van der Waals surface area contributed by atoms with Gasteiger partial charge in [-0.3, -0.25) is 14.4 Å². The van der Waals surface area contributed by atoms with Crippen LogP contribution in [-0.4, -0.2) is 55.0 Å². The number of amides is 2. The van der Waals surface area contributed by atoms with E-state index < -0.39 is 12.0 Å². The van der Waals surface area contributed by atoms with E-state index in [1.807, 2.05) is 6.92 Å². The Bertz CT molecular complexity index is 767. The number of carbonyl (C=O) groups excluding carboxylic acids is 3. The van der Waals surface area contributed by atoms with Crippen LogP contribution in [0.5, 0.6) is 5.75 Å². The molecule has 0 aliphatic carbocycles. The monoisotopic (exact) mass is 474 g/mol. The first kappa shape index (κ1) is 27.7. The fourth-order valence-corrected chi connectivity index (χ4v) is 4.23. The number of esters is 1. The van der Waals surface area contributed by atoms with E-state index in [4.69, 9.17) is 9.47 Å². The molecule has 0 radical (unpaired) electrons. The molecule has 1 fully saturated rings. The summed E-state index contributed by atoms with van der Waals surface area (Å²) in [5.41, 5.74) is 0.391. The number of ether oxygens (including phenoxy) is 2. The number of nitrogens with one attached hydrogen (secondary N) is 1. The van der Waals surface area contributed by atoms with Crippen molar-refractivity contribution in [3.63, 3.8) is 0 Å². The van der Waals surface area contributed by atoms with E-state index in [0.717, 1.165) is 19.3 Å². The lowest BCUT2D eigenvalue weighted by molar-refractivity contribution is -0.147. The summed E-state index contributed by atoms with van der Waals surface area (Å²) in [4.78, 5) is 39.6. The quantitative estimate of drug-likeness (QED) is 0.273. The van der Waals surface area contributed by atoms with Crippen molar-refractivity contribution >= 4 is 17.8 Å². The largest absolute Gasteiger partial charge is 0.493 e. The highest BCUT2D eigenvalue weighted by atomic mass is 16.5. The lowest BCUT2D eigenvalue weighted by Gasteiger charge is -2.34. The van der Waals surface area contributed by atoms with Gasteiger partial charge in [0, 0.05) is 13.1 Å². The molecule has 1 heterocycles. The molecule has 34 heavy (non-hydrogen) atoms. The minimum absolute atomic E-state index is 0.147. The second kappa shape index (κ2) is 16.1. The normalized spacial score (nSPS) is 15.6. The van der Waals surface area contributed by atoms with Crippen molar-refractivity contribution in [2.24, 2.45) is 0 Å². The first-order valence-electron chi connectivity index (χ1n) is 13.0. The summed E-state index contributed by atoms with van der Waals surface area (Å²) in [5, 5.41) is 2.75. The average Bonchev–Trinajstić information content (AvgIpc) is 2.84. The van der Waals surface area contributed by atoms with Crippen molar-refractivity contribution < 1.29 is 23.9 Å². The van der Waals surface area contributed by atoms with Crippen LogP contribution in [-0.2, 0) is 14.3 Å². The SMILES string of the molecule is CCCCCCCCCCCCOC(=O)CC1C(=O)NCCN1C(=O)c1ccccc1OCC. The van der Waals surface area contributed by atoms with E-state index in [-0.39, 0.29) is 18.2 Å². The Morgan fingerprint density at radius 1 is 0.971 bits per heavy atom. The number of para-hydroxylation sites is 1. The minimum atomic E-state index is -0.879. The fourth-order valence-electron chi connectivity index (χ4n) is 4.23. The van der Waals surface area contributed by atoms with Crippen LogP contribution in [0, 0.1) is 0 Å². The molecule has 0 aromatic heterocycles. The highest BCUT2D eigenvalue weighted by Gasteiger charge is 2.36. The molecule has 1 atom stereocenters. The molecule has 190 valence electrons. The molecule has 1 aromatic carbocycles. The van der Waals surface area contributed by atoms with Crippen LogP contribution in [0.3, 0.4) is 0 Å². The molecule has 2 rings (SSSR count). The van der Waals surface area contributed by atoms with Gasteiger partial charge in [0.1, 0.15) is 11.8 Å². The van der Waals surface area contributed by atoms with Crippen molar-refractivity contribution in [2.45, 2.75) is 90.5 Å². The highest BCUT2D eigenvalue weighted by Crippen LogP contribution is 2.23. The zero-order valence-electron chi connectivity index (χ0n) is 21.0. The smallest absolute Gasteiger partial charge is 0.308 e. The molecule has 1 saturated heterocycles. The molecule has 1 unspecified atom stereocenters. The van der Waals surface area contributed by atoms with Crippen LogP contribution >= 0.6 is 0 Å². The van der Waals surface area contributed by atoms with Crippen molar-refractivity contribution in [1.29, 1.82) is 0 Å². The maximum Gasteiger partial charge on any atom is 0.308 e. The first-order valence-corrected chi connectivity index (χ1v) is 13.0. The molecule has 1 aliphatic rings. The lowest BCUT2D eigenvalue weighted by atomic mass is 10.1. The van der Waals surface area contributed by atoms with E-state index in [2.05, 4.69) is 12.2 Å². The third kappa shape index (κ3) is 9.35. The number of rotatable bonds is 16. The zero-order chi connectivity index (χ0) is 24.6. The van der Waals surface area contributed by atoms with E-state index in [9.17, 15) is 14.4 Å². The molecule has 0 saturated carbocycles. The molecule has 2 amide bonds. The zero-order valence-corrected chi connectivity index (χ0v) is 21.0. The van der Waals surface area contributed by atoms with Gasteiger partial charge < -0.3 is 19.7 Å². The lowest BCUT2D eigenvalue weighted by Crippen LogP contribution is -2.57. The standard InChI is InChI=1S/C27H42N2O5/c1-3-5-6-7-8-9-10-11-12-15-20-34-25(30)21-23-26(31)28-18-19-29(23)27(32)22-16-13-14-17-24(22)33-4-2/h13-14,16-17,23H,3-12,15,18-21H2,1-2H3,(H,28,31). The Hall–Kier alpha value is -2.57. The number of unbranched alkanes of at least 4 members (excludes halogenated alkanes) is 9. The number of carbonyl (C=O) groups is 3. The maximum absolute atomic E-state index is 13.2. The van der Waals surface area contributed by atoms with Gasteiger partial charge >= 0.3 is 5.97 Å². The molecule has 1 aromatic rings. The molecule has 0 spiro atoms. The second-order valence-corrected chi connectivity index (χ2v) is 8.84. The fraction of sp³-hybridized carbons (Fsp3) is 0.667. The second-order valence-electron chi connectivity index (χ2n) is 8.84. The van der Waals surface area contributed by atoms with Crippen LogP contribution in [0.1, 0.15) is 94.8 Å². The maximum atomic E-state index is 13.2. The van der Waals surface area contributed by atoms with Gasteiger partial charge in [-0.15, -0.1) is 0 Å². The van der Waals surface area contributed by atoms with Gasteiger partial charge in [0.15, 0.2) is 0 Å². The van der Waals surface area contributed by atoms with Crippen LogP contribution in [0.15, 0.2) is 24.3 Å². The number of hydrogen-bond donors (Lipinski definition) is 1. The van der Waals surface area contributed by atoms with Crippen LogP contribution in [0.4, 0.5) is 0 Å². The molecule has 1 N–H and O–H groups in total. The average molecular weight is 475 g/mol. The van der Waals surface area contributed by atoms with Crippen molar-refractivity contribution in [2.75, 3.05) is 26.3 Å². The predicted octanol–water partition coefficient (Wildman–Crippen LogP) is 4.88. The summed E-state index contributed by atoms with van der Waals surface area (Å²) in [6.45, 7) is 5.55. The summed E-state index contributed by atoms with van der Waals surface area (Å²) in [7, 11) is 0. The molecule has 1 aliphatic heterocycles. The topological polar surface area (TPSA) is 84.9 Å². The van der Waals surface area contributed by atoms with Gasteiger partial charge in [0.25, 0.3) is 5.91 Å². The van der Waals surface area contributed by atoms with E-state index in [1.54, 1.807) is 24.3 Å². The predicted molar refractivity (Wildman–Crippen MR) is 133 cm³/mol. The number of piperazine rings is 1. The third-order valence-electron chi connectivity index (χ3n) is 6.13. The molecule has 0 bridgehead atoms. The highest BCUT2D eigenvalue weighted by molar-refractivity contribution is 6.01. The Morgan fingerprint density at radius 2 is 1.62 bits per heavy atom. The summed E-state index contributed by atoms with van der Waals surface area (Å²) in [6.07, 6.45) is 11.9. The molecule has 7 nitrogen and oxygen atoms in total. The van der Waals surface area contributed by atoms with Crippen LogP contribution in [0.25, 0.3) is 0 Å². The van der Waals surface area contributed by atoms with Gasteiger partial charge in [-0.2, -0.15) is 0 Å². The Morgan fingerprint density at radius 3 is 2.29 bits per heavy atom. The van der Waals surface area contributed by atoms with Gasteiger partial charge in [0.05, 0.1) is 25.2 Å². The van der Waals surface area contributed by atoms with E-state index >= 15 is 0 Å². The molecular formula is C27H42N2O5. The number of benzene rings is 1. The summed E-state index contributed by atoms with van der Waals surface area (Å²) in [5.74, 6) is -0.618. The first-order chi connectivity index (χ1) is 16.6. The summed E-state index contributed by atoms with van der Waals surface area (Å²) < 4.78 is 11.0. The molecule has 7 heteroatoms. The van der Waals surface area contributed by atoms with Gasteiger partial charge in [-0.05, 0) is 25.5 Å². The van der Waals surface area contributed by atoms with E-state index in [0.29, 0.717) is 37.6 Å². The minimum Gasteiger partial charge on any atom is -0.493 e. The van der Waals surface area contributed by atoms with Crippen molar-refractivity contribution in [3.8, 4) is 5.75 Å². The van der Waals surface area contributed by atoms with Gasteiger partial charge in [-0.25, -0.2) is 0 Å². The number of hydrogen-bond acceptors (Lipinski definition) is 5. The van der Waals surface area contributed by atoms with Gasteiger partial charge in [0.2, 0.25) is 5.91 Å². The van der Waals surface area contributed by atoms with Crippen molar-refractivity contribution in [3.05, 3.63) is 29.8 Å². The Balaban J connectivity index is 1.75.